The van der Waals surface area contributed by atoms with Crippen molar-refractivity contribution in [3.05, 3.63) is 18.2 Å². The summed E-state index contributed by atoms with van der Waals surface area (Å²) in [5.74, 6) is 2.12. The molecular weight excluding hydrogens is 242 g/mol. The smallest absolute Gasteiger partial charge is 0.166 e. The summed E-state index contributed by atoms with van der Waals surface area (Å²) in [4.78, 5) is 7.90. The van der Waals surface area contributed by atoms with Crippen molar-refractivity contribution in [3.8, 4) is 0 Å². The van der Waals surface area contributed by atoms with Crippen molar-refractivity contribution < 1.29 is 0 Å². The number of thioether (sulfide) groups is 1. The Morgan fingerprint density at radius 1 is 1.33 bits per heavy atom. The van der Waals surface area contributed by atoms with Gasteiger partial charge in [0.15, 0.2) is 5.16 Å². The highest BCUT2D eigenvalue weighted by atomic mass is 32.2. The van der Waals surface area contributed by atoms with Gasteiger partial charge < -0.3 is 10.7 Å². The van der Waals surface area contributed by atoms with Crippen molar-refractivity contribution in [2.45, 2.75) is 37.3 Å². The number of hydrogen-bond acceptors (Lipinski definition) is 3. The number of nitrogen functional groups attached to an aromatic ring is 1. The van der Waals surface area contributed by atoms with E-state index in [0.717, 1.165) is 27.8 Å². The van der Waals surface area contributed by atoms with Crippen LogP contribution in [0.25, 0.3) is 11.0 Å². The Bertz CT molecular complexity index is 529. The molecule has 2 aromatic rings. The van der Waals surface area contributed by atoms with E-state index >= 15 is 0 Å². The van der Waals surface area contributed by atoms with E-state index in [9.17, 15) is 0 Å². The van der Waals surface area contributed by atoms with Gasteiger partial charge in [-0.1, -0.05) is 37.4 Å². The van der Waals surface area contributed by atoms with Crippen LogP contribution in [0.3, 0.4) is 0 Å². The molecule has 0 bridgehead atoms. The molecule has 3 nitrogen and oxygen atoms in total. The van der Waals surface area contributed by atoms with Gasteiger partial charge in [0, 0.05) is 11.4 Å². The summed E-state index contributed by atoms with van der Waals surface area (Å²) in [6.07, 6.45) is 7.04. The number of anilines is 1. The molecule has 0 spiro atoms. The fourth-order valence-electron chi connectivity index (χ4n) is 2.69. The third-order valence-electron chi connectivity index (χ3n) is 3.72. The zero-order valence-electron chi connectivity index (χ0n) is 10.5. The summed E-state index contributed by atoms with van der Waals surface area (Å²) in [7, 11) is 0. The van der Waals surface area contributed by atoms with E-state index < -0.39 is 0 Å². The predicted octanol–water partition coefficient (Wildman–Crippen LogP) is 3.82. The van der Waals surface area contributed by atoms with Gasteiger partial charge in [-0.25, -0.2) is 4.98 Å². The van der Waals surface area contributed by atoms with Gasteiger partial charge in [0.25, 0.3) is 0 Å². The molecule has 0 saturated heterocycles. The molecule has 1 heterocycles. The molecule has 0 atom stereocenters. The minimum atomic E-state index is 0.786. The highest BCUT2D eigenvalue weighted by molar-refractivity contribution is 7.99. The molecule has 1 saturated carbocycles. The first-order valence-electron chi connectivity index (χ1n) is 6.69. The first kappa shape index (κ1) is 11.9. The van der Waals surface area contributed by atoms with Gasteiger partial charge >= 0.3 is 0 Å². The SMILES string of the molecule is Nc1ccc2nc(SCCC3CCCC3)[nH]c2c1. The highest BCUT2D eigenvalue weighted by Crippen LogP contribution is 2.30. The third-order valence-corrected chi connectivity index (χ3v) is 4.63. The van der Waals surface area contributed by atoms with Gasteiger partial charge in [-0.05, 0) is 30.5 Å². The minimum absolute atomic E-state index is 0.786. The zero-order valence-corrected chi connectivity index (χ0v) is 11.3. The van der Waals surface area contributed by atoms with Crippen molar-refractivity contribution in [1.29, 1.82) is 0 Å². The molecule has 0 amide bonds. The van der Waals surface area contributed by atoms with Crippen LogP contribution in [0.1, 0.15) is 32.1 Å². The maximum Gasteiger partial charge on any atom is 0.166 e. The fraction of sp³-hybridized carbons (Fsp3) is 0.500. The van der Waals surface area contributed by atoms with E-state index in [0.29, 0.717) is 0 Å². The van der Waals surface area contributed by atoms with Crippen LogP contribution in [0.5, 0.6) is 0 Å². The van der Waals surface area contributed by atoms with Crippen LogP contribution in [0.2, 0.25) is 0 Å². The molecule has 96 valence electrons. The first-order chi connectivity index (χ1) is 8.81. The summed E-state index contributed by atoms with van der Waals surface area (Å²) in [6.45, 7) is 0. The Labute approximate surface area is 112 Å². The number of H-pyrrole nitrogens is 1. The molecule has 0 unspecified atom stereocenters. The second-order valence-corrected chi connectivity index (χ2v) is 6.19. The monoisotopic (exact) mass is 261 g/mol. The van der Waals surface area contributed by atoms with Crippen molar-refractivity contribution in [2.24, 2.45) is 5.92 Å². The van der Waals surface area contributed by atoms with Gasteiger partial charge in [0.1, 0.15) is 0 Å². The van der Waals surface area contributed by atoms with Crippen molar-refractivity contribution in [2.75, 3.05) is 11.5 Å². The molecule has 1 aliphatic rings. The molecule has 1 fully saturated rings. The van der Waals surface area contributed by atoms with Crippen LogP contribution in [-0.2, 0) is 0 Å². The molecule has 0 aliphatic heterocycles. The number of nitrogens with two attached hydrogens (primary N) is 1. The zero-order chi connectivity index (χ0) is 12.4. The fourth-order valence-corrected chi connectivity index (χ4v) is 3.68. The average Bonchev–Trinajstić information content (AvgIpc) is 2.97. The molecule has 3 rings (SSSR count). The Morgan fingerprint density at radius 2 is 2.17 bits per heavy atom. The van der Waals surface area contributed by atoms with Crippen molar-refractivity contribution in [3.63, 3.8) is 0 Å². The maximum absolute atomic E-state index is 5.76. The Balaban J connectivity index is 1.60. The summed E-state index contributed by atoms with van der Waals surface area (Å²) in [5.41, 5.74) is 8.59. The molecule has 4 heteroatoms. The number of benzene rings is 1. The second kappa shape index (κ2) is 5.22. The van der Waals surface area contributed by atoms with Crippen LogP contribution >= 0.6 is 11.8 Å². The number of nitrogens with zero attached hydrogens (tertiary/aromatic N) is 1. The molecule has 1 aromatic carbocycles. The van der Waals surface area contributed by atoms with E-state index in [1.807, 2.05) is 30.0 Å². The molecule has 18 heavy (non-hydrogen) atoms. The van der Waals surface area contributed by atoms with E-state index in [4.69, 9.17) is 5.73 Å². The standard InChI is InChI=1S/C14H19N3S/c15-11-5-6-12-13(9-11)17-14(16-12)18-8-7-10-3-1-2-4-10/h5-6,9-10H,1-4,7-8,15H2,(H,16,17). The van der Waals surface area contributed by atoms with Crippen LogP contribution in [-0.4, -0.2) is 15.7 Å². The molecule has 1 aliphatic carbocycles. The van der Waals surface area contributed by atoms with Crippen LogP contribution < -0.4 is 5.73 Å². The first-order valence-corrected chi connectivity index (χ1v) is 7.68. The summed E-state index contributed by atoms with van der Waals surface area (Å²) < 4.78 is 0. The minimum Gasteiger partial charge on any atom is -0.399 e. The third kappa shape index (κ3) is 2.64. The van der Waals surface area contributed by atoms with Crippen LogP contribution in [0.4, 0.5) is 5.69 Å². The predicted molar refractivity (Wildman–Crippen MR) is 77.8 cm³/mol. The number of imidazole rings is 1. The Kier molecular flexibility index (Phi) is 3.46. The normalized spacial score (nSPS) is 16.7. The lowest BCUT2D eigenvalue weighted by Gasteiger charge is -2.06. The van der Waals surface area contributed by atoms with Crippen LogP contribution in [0, 0.1) is 5.92 Å². The lowest BCUT2D eigenvalue weighted by molar-refractivity contribution is 0.535. The number of aromatic nitrogens is 2. The van der Waals surface area contributed by atoms with Gasteiger partial charge in [-0.15, -0.1) is 0 Å². The number of rotatable bonds is 4. The Hall–Kier alpha value is -1.16. The number of aromatic amines is 1. The highest BCUT2D eigenvalue weighted by Gasteiger charge is 2.14. The van der Waals surface area contributed by atoms with Gasteiger partial charge in [-0.2, -0.15) is 0 Å². The van der Waals surface area contributed by atoms with E-state index in [1.165, 1.54) is 37.9 Å². The lowest BCUT2D eigenvalue weighted by Crippen LogP contribution is -1.94. The lowest BCUT2D eigenvalue weighted by atomic mass is 10.1. The summed E-state index contributed by atoms with van der Waals surface area (Å²) in [5, 5.41) is 1.02. The van der Waals surface area contributed by atoms with Gasteiger partial charge in [0.2, 0.25) is 0 Å². The molecule has 0 radical (unpaired) electrons. The number of fused-ring (bicyclic) bond motifs is 1. The number of nitrogens with one attached hydrogen (secondary N) is 1. The van der Waals surface area contributed by atoms with Gasteiger partial charge in [0.05, 0.1) is 11.0 Å². The Morgan fingerprint density at radius 3 is 3.00 bits per heavy atom. The van der Waals surface area contributed by atoms with E-state index in [-0.39, 0.29) is 0 Å². The number of hydrogen-bond donors (Lipinski definition) is 2. The molecular formula is C14H19N3S. The average molecular weight is 261 g/mol. The topological polar surface area (TPSA) is 54.7 Å². The van der Waals surface area contributed by atoms with Crippen molar-refractivity contribution in [1.82, 2.24) is 9.97 Å². The van der Waals surface area contributed by atoms with Crippen LogP contribution in [0.15, 0.2) is 23.4 Å². The second-order valence-electron chi connectivity index (χ2n) is 5.11. The summed E-state index contributed by atoms with van der Waals surface area (Å²) >= 11 is 1.83. The largest absolute Gasteiger partial charge is 0.399 e. The van der Waals surface area contributed by atoms with Gasteiger partial charge in [-0.3, -0.25) is 0 Å². The van der Waals surface area contributed by atoms with E-state index in [2.05, 4.69) is 9.97 Å². The molecule has 3 N–H and O–H groups in total. The maximum atomic E-state index is 5.76. The summed E-state index contributed by atoms with van der Waals surface area (Å²) in [6, 6.07) is 5.82. The van der Waals surface area contributed by atoms with Crippen molar-refractivity contribution >= 4 is 28.5 Å². The molecule has 1 aromatic heterocycles. The quantitative estimate of drug-likeness (QED) is 0.650. The van der Waals surface area contributed by atoms with E-state index in [1.54, 1.807) is 0 Å².